The van der Waals surface area contributed by atoms with E-state index in [1.165, 1.54) is 0 Å². The van der Waals surface area contributed by atoms with Gasteiger partial charge in [-0.1, -0.05) is 0 Å². The van der Waals surface area contributed by atoms with Crippen LogP contribution in [-0.4, -0.2) is 30.7 Å². The van der Waals surface area contributed by atoms with Crippen molar-refractivity contribution in [1.29, 1.82) is 0 Å². The first-order chi connectivity index (χ1) is 8.84. The van der Waals surface area contributed by atoms with Gasteiger partial charge in [-0.25, -0.2) is 14.5 Å². The largest absolute Gasteiger partial charge is 0.368 e. The summed E-state index contributed by atoms with van der Waals surface area (Å²) in [6.07, 6.45) is 9.96. The number of fused-ring (bicyclic) bond motifs is 1. The minimum Gasteiger partial charge on any atom is -0.368 e. The summed E-state index contributed by atoms with van der Waals surface area (Å²) in [5, 5.41) is 7.49. The molecule has 0 fully saturated rings. The number of hydrogen-bond acceptors (Lipinski definition) is 4. The van der Waals surface area contributed by atoms with Gasteiger partial charge in [-0.05, 0) is 6.07 Å². The first-order valence-electron chi connectivity index (χ1n) is 5.83. The minimum atomic E-state index is 0.794. The molecule has 0 saturated carbocycles. The molecule has 18 heavy (non-hydrogen) atoms. The van der Waals surface area contributed by atoms with E-state index in [9.17, 15) is 0 Å². The third kappa shape index (κ3) is 1.92. The molecule has 1 N–H and O–H groups in total. The maximum Gasteiger partial charge on any atom is 0.152 e. The highest BCUT2D eigenvalue weighted by Crippen LogP contribution is 2.11. The SMILES string of the molecule is Cn1ccnc1CCNc1nccn2nccc12. The molecule has 0 aliphatic heterocycles. The molecule has 0 bridgehead atoms. The lowest BCUT2D eigenvalue weighted by molar-refractivity contribution is 0.788. The van der Waals surface area contributed by atoms with Crippen molar-refractivity contribution in [3.63, 3.8) is 0 Å². The number of rotatable bonds is 4. The molecular weight excluding hydrogens is 228 g/mol. The second-order valence-electron chi connectivity index (χ2n) is 4.07. The van der Waals surface area contributed by atoms with E-state index in [2.05, 4.69) is 20.4 Å². The maximum absolute atomic E-state index is 4.32. The van der Waals surface area contributed by atoms with Crippen LogP contribution >= 0.6 is 0 Å². The summed E-state index contributed by atoms with van der Waals surface area (Å²) < 4.78 is 3.82. The van der Waals surface area contributed by atoms with Gasteiger partial charge in [0, 0.05) is 44.8 Å². The molecule has 92 valence electrons. The molecule has 0 aliphatic carbocycles. The summed E-state index contributed by atoms with van der Waals surface area (Å²) in [5.74, 6) is 1.91. The normalized spacial score (nSPS) is 10.9. The van der Waals surface area contributed by atoms with Crippen molar-refractivity contribution in [2.24, 2.45) is 7.05 Å². The van der Waals surface area contributed by atoms with Gasteiger partial charge in [-0.2, -0.15) is 5.10 Å². The first kappa shape index (κ1) is 10.8. The van der Waals surface area contributed by atoms with Gasteiger partial charge in [0.25, 0.3) is 0 Å². The predicted octanol–water partition coefficient (Wildman–Crippen LogP) is 1.12. The predicted molar refractivity (Wildman–Crippen MR) is 68.4 cm³/mol. The molecule has 3 aromatic heterocycles. The van der Waals surface area contributed by atoms with E-state index in [4.69, 9.17) is 0 Å². The van der Waals surface area contributed by atoms with Crippen LogP contribution in [0.15, 0.2) is 37.1 Å². The fraction of sp³-hybridized carbons (Fsp3) is 0.250. The molecular formula is C12H14N6. The second-order valence-corrected chi connectivity index (χ2v) is 4.07. The summed E-state index contributed by atoms with van der Waals surface area (Å²) in [6.45, 7) is 0.794. The fourth-order valence-electron chi connectivity index (χ4n) is 1.92. The van der Waals surface area contributed by atoms with Crippen LogP contribution in [0, 0.1) is 0 Å². The zero-order chi connectivity index (χ0) is 12.4. The zero-order valence-corrected chi connectivity index (χ0v) is 10.1. The number of aromatic nitrogens is 5. The van der Waals surface area contributed by atoms with E-state index >= 15 is 0 Å². The lowest BCUT2D eigenvalue weighted by Gasteiger charge is -2.06. The average Bonchev–Trinajstić information content (AvgIpc) is 2.99. The number of nitrogens with one attached hydrogen (secondary N) is 1. The number of aryl methyl sites for hydroxylation is 1. The van der Waals surface area contributed by atoms with Gasteiger partial charge >= 0.3 is 0 Å². The Bertz CT molecular complexity index is 653. The van der Waals surface area contributed by atoms with Gasteiger partial charge < -0.3 is 9.88 Å². The Morgan fingerprint density at radius 1 is 1.17 bits per heavy atom. The molecule has 0 radical (unpaired) electrons. The number of imidazole rings is 1. The maximum atomic E-state index is 4.32. The van der Waals surface area contributed by atoms with Crippen LogP contribution in [0.2, 0.25) is 0 Å². The van der Waals surface area contributed by atoms with E-state index in [0.29, 0.717) is 0 Å². The van der Waals surface area contributed by atoms with Crippen molar-refractivity contribution in [1.82, 2.24) is 24.1 Å². The van der Waals surface area contributed by atoms with Crippen molar-refractivity contribution in [2.75, 3.05) is 11.9 Å². The molecule has 0 amide bonds. The van der Waals surface area contributed by atoms with Crippen LogP contribution in [0.1, 0.15) is 5.82 Å². The van der Waals surface area contributed by atoms with Crippen LogP contribution in [0.5, 0.6) is 0 Å². The molecule has 0 unspecified atom stereocenters. The van der Waals surface area contributed by atoms with Gasteiger partial charge in [-0.15, -0.1) is 0 Å². The van der Waals surface area contributed by atoms with Gasteiger partial charge in [-0.3, -0.25) is 0 Å². The van der Waals surface area contributed by atoms with Crippen molar-refractivity contribution in [3.8, 4) is 0 Å². The highest BCUT2D eigenvalue weighted by atomic mass is 15.2. The Morgan fingerprint density at radius 2 is 2.06 bits per heavy atom. The Labute approximate surface area is 104 Å². The Morgan fingerprint density at radius 3 is 2.89 bits per heavy atom. The van der Waals surface area contributed by atoms with E-state index in [0.717, 1.165) is 30.1 Å². The van der Waals surface area contributed by atoms with E-state index < -0.39 is 0 Å². The zero-order valence-electron chi connectivity index (χ0n) is 10.1. The standard InChI is InChI=1S/C12H14N6/c1-17-8-6-13-11(17)3-4-14-12-10-2-5-16-18(10)9-7-15-12/h2,5-9H,3-4H2,1H3,(H,14,15). The molecule has 6 heteroatoms. The summed E-state index contributed by atoms with van der Waals surface area (Å²) in [4.78, 5) is 8.61. The van der Waals surface area contributed by atoms with Crippen molar-refractivity contribution < 1.29 is 0 Å². The van der Waals surface area contributed by atoms with Crippen LogP contribution < -0.4 is 5.32 Å². The molecule has 6 nitrogen and oxygen atoms in total. The van der Waals surface area contributed by atoms with Gasteiger partial charge in [0.05, 0.1) is 6.20 Å². The Balaban J connectivity index is 1.70. The minimum absolute atomic E-state index is 0.794. The van der Waals surface area contributed by atoms with Crippen molar-refractivity contribution in [2.45, 2.75) is 6.42 Å². The molecule has 0 aromatic carbocycles. The van der Waals surface area contributed by atoms with Crippen LogP contribution in [0.3, 0.4) is 0 Å². The summed E-state index contributed by atoms with van der Waals surface area (Å²) >= 11 is 0. The van der Waals surface area contributed by atoms with Crippen LogP contribution in [0.4, 0.5) is 5.82 Å². The summed E-state index contributed by atoms with van der Waals surface area (Å²) in [5.41, 5.74) is 0.984. The highest BCUT2D eigenvalue weighted by Gasteiger charge is 2.03. The molecule has 0 saturated heterocycles. The van der Waals surface area contributed by atoms with Gasteiger partial charge in [0.15, 0.2) is 5.82 Å². The fourth-order valence-corrected chi connectivity index (χ4v) is 1.92. The number of nitrogens with zero attached hydrogens (tertiary/aromatic N) is 5. The lowest BCUT2D eigenvalue weighted by atomic mass is 10.4. The third-order valence-electron chi connectivity index (χ3n) is 2.89. The monoisotopic (exact) mass is 242 g/mol. The number of hydrogen-bond donors (Lipinski definition) is 1. The third-order valence-corrected chi connectivity index (χ3v) is 2.89. The van der Waals surface area contributed by atoms with Crippen LogP contribution in [0.25, 0.3) is 5.52 Å². The molecule has 0 atom stereocenters. The Hall–Kier alpha value is -2.37. The molecule has 3 heterocycles. The van der Waals surface area contributed by atoms with Gasteiger partial charge in [0.1, 0.15) is 11.3 Å². The van der Waals surface area contributed by atoms with Gasteiger partial charge in [0.2, 0.25) is 0 Å². The van der Waals surface area contributed by atoms with Crippen molar-refractivity contribution >= 4 is 11.3 Å². The smallest absolute Gasteiger partial charge is 0.152 e. The Kier molecular flexibility index (Phi) is 2.68. The summed E-state index contributed by atoms with van der Waals surface area (Å²) in [7, 11) is 2.00. The first-order valence-corrected chi connectivity index (χ1v) is 5.83. The second kappa shape index (κ2) is 4.48. The lowest BCUT2D eigenvalue weighted by Crippen LogP contribution is -2.10. The molecule has 0 aliphatic rings. The summed E-state index contributed by atoms with van der Waals surface area (Å²) in [6, 6.07) is 1.94. The van der Waals surface area contributed by atoms with Crippen LogP contribution in [-0.2, 0) is 13.5 Å². The molecule has 0 spiro atoms. The quantitative estimate of drug-likeness (QED) is 0.744. The molecule has 3 aromatic rings. The molecule has 3 rings (SSSR count). The highest BCUT2D eigenvalue weighted by molar-refractivity contribution is 5.66. The average molecular weight is 242 g/mol. The van der Waals surface area contributed by atoms with E-state index in [-0.39, 0.29) is 0 Å². The van der Waals surface area contributed by atoms with E-state index in [1.807, 2.05) is 36.3 Å². The number of anilines is 1. The topological polar surface area (TPSA) is 60.0 Å². The van der Waals surface area contributed by atoms with Crippen molar-refractivity contribution in [3.05, 3.63) is 42.9 Å². The van der Waals surface area contributed by atoms with E-state index in [1.54, 1.807) is 16.9 Å².